The van der Waals surface area contributed by atoms with E-state index in [1.807, 2.05) is 18.2 Å². The number of fused-ring (bicyclic) bond motifs is 1. The second-order valence-corrected chi connectivity index (χ2v) is 8.41. The third kappa shape index (κ3) is 6.02. The molecule has 2 aliphatic heterocycles. The Labute approximate surface area is 182 Å². The molecule has 1 amide bonds. The van der Waals surface area contributed by atoms with Crippen LogP contribution in [-0.2, 0) is 22.5 Å². The number of ether oxygens (including phenoxy) is 2. The minimum absolute atomic E-state index is 0.00938. The molecular weight excluding hydrogens is 397 g/mol. The molecule has 1 N–H and O–H groups in total. The van der Waals surface area contributed by atoms with Crippen molar-refractivity contribution < 1.29 is 18.7 Å². The van der Waals surface area contributed by atoms with E-state index in [-0.39, 0.29) is 23.9 Å². The Hall–Kier alpha value is -2.51. The molecule has 1 spiro atoms. The van der Waals surface area contributed by atoms with Crippen molar-refractivity contribution in [3.8, 4) is 5.75 Å². The van der Waals surface area contributed by atoms with E-state index >= 15 is 0 Å². The molecule has 6 nitrogen and oxygen atoms in total. The van der Waals surface area contributed by atoms with E-state index in [2.05, 4.69) is 21.3 Å². The zero-order valence-corrected chi connectivity index (χ0v) is 17.8. The summed E-state index contributed by atoms with van der Waals surface area (Å²) in [6.07, 6.45) is 5.81. The van der Waals surface area contributed by atoms with Gasteiger partial charge in [-0.2, -0.15) is 0 Å². The van der Waals surface area contributed by atoms with Gasteiger partial charge in [0.25, 0.3) is 5.91 Å². The molecule has 0 unspecified atom stereocenters. The van der Waals surface area contributed by atoms with Gasteiger partial charge in [-0.3, -0.25) is 14.7 Å². The minimum Gasteiger partial charge on any atom is -0.483 e. The Bertz CT molecular complexity index is 867. The summed E-state index contributed by atoms with van der Waals surface area (Å²) < 4.78 is 25.3. The molecule has 2 aromatic rings. The summed E-state index contributed by atoms with van der Waals surface area (Å²) in [5.74, 6) is 0.340. The predicted molar refractivity (Wildman–Crippen MR) is 115 cm³/mol. The maximum Gasteiger partial charge on any atom is 0.258 e. The number of nitrogens with zero attached hydrogens (tertiary/aromatic N) is 2. The van der Waals surface area contributed by atoms with Gasteiger partial charge in [-0.1, -0.05) is 18.2 Å². The van der Waals surface area contributed by atoms with Crippen molar-refractivity contribution in [2.45, 2.75) is 44.2 Å². The predicted octanol–water partition coefficient (Wildman–Crippen LogP) is 3.10. The van der Waals surface area contributed by atoms with Crippen molar-refractivity contribution in [2.75, 3.05) is 32.8 Å². The number of benzene rings is 1. The summed E-state index contributed by atoms with van der Waals surface area (Å²) in [4.78, 5) is 18.9. The van der Waals surface area contributed by atoms with Gasteiger partial charge < -0.3 is 14.8 Å². The molecule has 0 saturated carbocycles. The zero-order valence-electron chi connectivity index (χ0n) is 17.8. The monoisotopic (exact) mass is 427 g/mol. The number of hydrogen-bond acceptors (Lipinski definition) is 5. The summed E-state index contributed by atoms with van der Waals surface area (Å²) in [5.41, 5.74) is 1.63. The van der Waals surface area contributed by atoms with Gasteiger partial charge in [0.2, 0.25) is 0 Å². The van der Waals surface area contributed by atoms with Crippen LogP contribution in [0.3, 0.4) is 0 Å². The topological polar surface area (TPSA) is 63.7 Å². The average molecular weight is 428 g/mol. The maximum atomic E-state index is 13.1. The summed E-state index contributed by atoms with van der Waals surface area (Å²) in [7, 11) is 0. The number of amides is 1. The highest BCUT2D eigenvalue weighted by atomic mass is 19.1. The number of para-hydroxylation sites is 1. The Morgan fingerprint density at radius 1 is 1.13 bits per heavy atom. The Balaban J connectivity index is 1.35. The van der Waals surface area contributed by atoms with Crippen molar-refractivity contribution in [3.05, 3.63) is 59.7 Å². The summed E-state index contributed by atoms with van der Waals surface area (Å²) >= 11 is 0. The number of piperidine rings is 1. The lowest BCUT2D eigenvalue weighted by Gasteiger charge is -2.41. The second kappa shape index (κ2) is 10.2. The van der Waals surface area contributed by atoms with Crippen LogP contribution in [0.2, 0.25) is 0 Å². The van der Waals surface area contributed by atoms with E-state index < -0.39 is 0 Å². The molecule has 31 heavy (non-hydrogen) atoms. The third-order valence-electron chi connectivity index (χ3n) is 6.13. The molecule has 0 radical (unpaired) electrons. The minimum atomic E-state index is -0.358. The van der Waals surface area contributed by atoms with E-state index in [4.69, 9.17) is 9.47 Å². The Morgan fingerprint density at radius 3 is 2.77 bits per heavy atom. The lowest BCUT2D eigenvalue weighted by atomic mass is 9.90. The van der Waals surface area contributed by atoms with Gasteiger partial charge in [-0.15, -0.1) is 0 Å². The summed E-state index contributed by atoms with van der Waals surface area (Å²) in [6.45, 7) is 3.55. The zero-order chi connectivity index (χ0) is 21.5. The molecule has 1 fully saturated rings. The van der Waals surface area contributed by atoms with Crippen LogP contribution in [0.25, 0.3) is 0 Å². The van der Waals surface area contributed by atoms with Crippen LogP contribution in [-0.4, -0.2) is 54.2 Å². The number of rotatable bonds is 2. The van der Waals surface area contributed by atoms with Gasteiger partial charge in [0.15, 0.2) is 6.61 Å². The van der Waals surface area contributed by atoms with E-state index in [0.717, 1.165) is 62.2 Å². The van der Waals surface area contributed by atoms with Gasteiger partial charge in [-0.05, 0) is 55.9 Å². The first-order valence-electron chi connectivity index (χ1n) is 11.1. The highest BCUT2D eigenvalue weighted by Crippen LogP contribution is 2.28. The molecule has 0 aliphatic carbocycles. The highest BCUT2D eigenvalue weighted by Gasteiger charge is 2.36. The fraction of sp³-hybridized carbons (Fsp3) is 0.500. The molecule has 7 heteroatoms. The van der Waals surface area contributed by atoms with Crippen LogP contribution in [0, 0.1) is 5.82 Å². The number of halogens is 1. The SMILES string of the molecule is O=C1COc2ccccc2CCCCOC2(CCN(Cc3ccc(F)cn3)CC2)CN1. The van der Waals surface area contributed by atoms with Gasteiger partial charge in [-0.25, -0.2) is 4.39 Å². The molecule has 166 valence electrons. The summed E-state index contributed by atoms with van der Waals surface area (Å²) in [5, 5.41) is 3.02. The first kappa shape index (κ1) is 21.7. The molecule has 1 saturated heterocycles. The number of aryl methyl sites for hydroxylation is 1. The fourth-order valence-electron chi connectivity index (χ4n) is 4.23. The molecule has 0 bridgehead atoms. The van der Waals surface area contributed by atoms with Crippen LogP contribution < -0.4 is 10.1 Å². The van der Waals surface area contributed by atoms with Gasteiger partial charge in [0, 0.05) is 32.8 Å². The van der Waals surface area contributed by atoms with E-state index in [9.17, 15) is 9.18 Å². The third-order valence-corrected chi connectivity index (χ3v) is 6.13. The highest BCUT2D eigenvalue weighted by molar-refractivity contribution is 5.77. The lowest BCUT2D eigenvalue weighted by molar-refractivity contribution is -0.127. The molecule has 1 aromatic heterocycles. The second-order valence-electron chi connectivity index (χ2n) is 8.41. The van der Waals surface area contributed by atoms with Crippen molar-refractivity contribution in [3.63, 3.8) is 0 Å². The molecule has 1 aromatic carbocycles. The van der Waals surface area contributed by atoms with Crippen LogP contribution in [0.15, 0.2) is 42.6 Å². The van der Waals surface area contributed by atoms with Crippen LogP contribution in [0.1, 0.15) is 36.9 Å². The largest absolute Gasteiger partial charge is 0.483 e. The number of likely N-dealkylation sites (tertiary alicyclic amines) is 1. The first-order chi connectivity index (χ1) is 15.1. The van der Waals surface area contributed by atoms with Crippen molar-refractivity contribution in [1.82, 2.24) is 15.2 Å². The smallest absolute Gasteiger partial charge is 0.258 e. The van der Waals surface area contributed by atoms with Crippen LogP contribution >= 0.6 is 0 Å². The van der Waals surface area contributed by atoms with Crippen molar-refractivity contribution >= 4 is 5.91 Å². The number of carbonyl (C=O) groups is 1. The normalized spacial score (nSPS) is 20.5. The van der Waals surface area contributed by atoms with E-state index in [1.54, 1.807) is 6.07 Å². The molecule has 0 atom stereocenters. The van der Waals surface area contributed by atoms with Gasteiger partial charge in [0.05, 0.1) is 17.5 Å². The van der Waals surface area contributed by atoms with E-state index in [0.29, 0.717) is 19.7 Å². The molecule has 4 rings (SSSR count). The number of hydrogen-bond donors (Lipinski definition) is 1. The average Bonchev–Trinajstić information content (AvgIpc) is 2.80. The molecule has 2 aliphatic rings. The number of aromatic nitrogens is 1. The standard InChI is InChI=1S/C24H30FN3O3/c25-20-8-9-21(26-15-20)16-28-12-10-24(11-13-28)18-27-23(29)17-30-22-7-2-1-5-19(22)6-3-4-14-31-24/h1-2,5,7-9,15H,3-4,6,10-14,16-18H2,(H,27,29). The Kier molecular flexibility index (Phi) is 7.14. The first-order valence-corrected chi connectivity index (χ1v) is 11.1. The lowest BCUT2D eigenvalue weighted by Crippen LogP contribution is -2.53. The van der Waals surface area contributed by atoms with Gasteiger partial charge in [0.1, 0.15) is 11.6 Å². The number of carbonyl (C=O) groups excluding carboxylic acids is 1. The van der Waals surface area contributed by atoms with Crippen LogP contribution in [0.4, 0.5) is 4.39 Å². The van der Waals surface area contributed by atoms with Crippen LogP contribution in [0.5, 0.6) is 5.75 Å². The number of nitrogens with one attached hydrogen (secondary N) is 1. The molecule has 3 heterocycles. The summed E-state index contributed by atoms with van der Waals surface area (Å²) in [6, 6.07) is 11.1. The fourth-order valence-corrected chi connectivity index (χ4v) is 4.23. The Morgan fingerprint density at radius 2 is 1.97 bits per heavy atom. The quantitative estimate of drug-likeness (QED) is 0.798. The van der Waals surface area contributed by atoms with E-state index in [1.165, 1.54) is 12.3 Å². The van der Waals surface area contributed by atoms with Crippen molar-refractivity contribution in [2.24, 2.45) is 0 Å². The van der Waals surface area contributed by atoms with Gasteiger partial charge >= 0.3 is 0 Å². The maximum absolute atomic E-state index is 13.1. The molecular formula is C24H30FN3O3. The van der Waals surface area contributed by atoms with Crippen molar-refractivity contribution in [1.29, 1.82) is 0 Å². The number of pyridine rings is 1.